The van der Waals surface area contributed by atoms with E-state index in [-0.39, 0.29) is 5.54 Å². The summed E-state index contributed by atoms with van der Waals surface area (Å²) >= 11 is 0. The number of hydrogen-bond donors (Lipinski definition) is 4. The third kappa shape index (κ3) is 3.40. The van der Waals surface area contributed by atoms with Crippen LogP contribution in [0, 0.1) is 24.7 Å². The molecule has 4 N–H and O–H groups in total. The fourth-order valence-corrected chi connectivity index (χ4v) is 6.25. The lowest BCUT2D eigenvalue weighted by molar-refractivity contribution is -0.0553. The van der Waals surface area contributed by atoms with Crippen LogP contribution in [0.25, 0.3) is 0 Å². The van der Waals surface area contributed by atoms with Gasteiger partial charge in [0.1, 0.15) is 5.82 Å². The molecular formula is C24H35N7O. The molecule has 0 spiro atoms. The highest BCUT2D eigenvalue weighted by molar-refractivity contribution is 5.92. The van der Waals surface area contributed by atoms with Crippen LogP contribution in [0.3, 0.4) is 0 Å². The number of hydroxylamine groups is 1. The van der Waals surface area contributed by atoms with Crippen molar-refractivity contribution in [3.05, 3.63) is 34.3 Å². The minimum Gasteiger partial charge on any atom is -0.373 e. The minimum atomic E-state index is -0.0385. The average Bonchev–Trinajstić information content (AvgIpc) is 3.13. The Hall–Kier alpha value is -2.45. The number of hydrogen-bond acceptors (Lipinski definition) is 7. The predicted octanol–water partition coefficient (Wildman–Crippen LogP) is 3.57. The van der Waals surface area contributed by atoms with Crippen LogP contribution in [-0.2, 0) is 19.5 Å². The Morgan fingerprint density at radius 2 is 1.91 bits per heavy atom. The minimum absolute atomic E-state index is 0.0385. The van der Waals surface area contributed by atoms with Crippen molar-refractivity contribution in [2.75, 3.05) is 23.8 Å². The average molecular weight is 438 g/mol. The molecule has 0 saturated heterocycles. The number of nitrogens with zero attached hydrogens (tertiary/aromatic N) is 4. The second-order valence-corrected chi connectivity index (χ2v) is 10.2. The largest absolute Gasteiger partial charge is 0.373 e. The van der Waals surface area contributed by atoms with Crippen molar-refractivity contribution in [2.24, 2.45) is 5.41 Å². The summed E-state index contributed by atoms with van der Waals surface area (Å²) < 4.78 is 2.31. The molecule has 0 radical (unpaired) electrons. The maximum Gasteiger partial charge on any atom is 0.136 e. The normalized spacial score (nSPS) is 26.8. The molecule has 1 aliphatic heterocycles. The molecule has 4 aliphatic rings. The number of fused-ring (bicyclic) bond motifs is 4. The first-order valence-electron chi connectivity index (χ1n) is 11.8. The van der Waals surface area contributed by atoms with Crippen molar-refractivity contribution >= 4 is 17.7 Å². The molecule has 172 valence electrons. The van der Waals surface area contributed by atoms with E-state index in [0.717, 1.165) is 93.0 Å². The van der Waals surface area contributed by atoms with Crippen LogP contribution in [0.15, 0.2) is 6.07 Å². The lowest BCUT2D eigenvalue weighted by Crippen LogP contribution is -2.54. The molecule has 3 aliphatic carbocycles. The Morgan fingerprint density at radius 3 is 2.53 bits per heavy atom. The quantitative estimate of drug-likeness (QED) is 0.407. The number of aromatic nitrogens is 3. The zero-order chi connectivity index (χ0) is 22.5. The van der Waals surface area contributed by atoms with Gasteiger partial charge in [-0.15, -0.1) is 0 Å². The first kappa shape index (κ1) is 21.4. The summed E-state index contributed by atoms with van der Waals surface area (Å²) in [5.41, 5.74) is 9.61. The monoisotopic (exact) mass is 437 g/mol. The van der Waals surface area contributed by atoms with Gasteiger partial charge in [0.15, 0.2) is 0 Å². The molecule has 8 nitrogen and oxygen atoms in total. The fraction of sp³-hybridized carbons (Fsp3) is 0.625. The molecule has 0 atom stereocenters. The van der Waals surface area contributed by atoms with Crippen LogP contribution in [0.1, 0.15) is 66.7 Å². The van der Waals surface area contributed by atoms with Crippen molar-refractivity contribution in [1.82, 2.24) is 20.2 Å². The number of aryl methyl sites for hydroxylation is 2. The van der Waals surface area contributed by atoms with Crippen LogP contribution in [0.4, 0.5) is 11.5 Å². The van der Waals surface area contributed by atoms with E-state index in [1.54, 1.807) is 0 Å². The summed E-state index contributed by atoms with van der Waals surface area (Å²) in [5.74, 6) is 0.760. The summed E-state index contributed by atoms with van der Waals surface area (Å²) in [4.78, 5) is 6.93. The Labute approximate surface area is 189 Å². The van der Waals surface area contributed by atoms with Gasteiger partial charge in [-0.2, -0.15) is 10.6 Å². The molecule has 3 saturated carbocycles. The maximum atomic E-state index is 9.61. The lowest BCUT2D eigenvalue weighted by Gasteiger charge is -2.52. The van der Waals surface area contributed by atoms with E-state index >= 15 is 0 Å². The van der Waals surface area contributed by atoms with Gasteiger partial charge >= 0.3 is 0 Å². The van der Waals surface area contributed by atoms with E-state index in [0.29, 0.717) is 5.41 Å². The molecule has 2 aromatic heterocycles. The number of rotatable bonds is 6. The second kappa shape index (κ2) is 7.85. The van der Waals surface area contributed by atoms with E-state index in [1.807, 2.05) is 14.0 Å². The molecule has 2 bridgehead atoms. The first-order chi connectivity index (χ1) is 15.4. The Bertz CT molecular complexity index is 1020. The van der Waals surface area contributed by atoms with Crippen LogP contribution in [0.5, 0.6) is 0 Å². The van der Waals surface area contributed by atoms with Crippen molar-refractivity contribution in [3.63, 3.8) is 0 Å². The van der Waals surface area contributed by atoms with Gasteiger partial charge in [-0.1, -0.05) is 0 Å². The molecule has 6 rings (SSSR count). The van der Waals surface area contributed by atoms with Crippen molar-refractivity contribution in [2.45, 2.75) is 77.4 Å². The Morgan fingerprint density at radius 1 is 1.19 bits per heavy atom. The Balaban J connectivity index is 1.40. The van der Waals surface area contributed by atoms with Gasteiger partial charge in [-0.25, -0.2) is 4.98 Å². The smallest absolute Gasteiger partial charge is 0.136 e. The van der Waals surface area contributed by atoms with E-state index in [4.69, 9.17) is 10.5 Å². The van der Waals surface area contributed by atoms with Crippen molar-refractivity contribution < 1.29 is 5.21 Å². The van der Waals surface area contributed by atoms with E-state index in [1.165, 1.54) is 17.5 Å². The number of nitrogens with one attached hydrogen (secondary N) is 3. The van der Waals surface area contributed by atoms with E-state index in [9.17, 15) is 5.21 Å². The standard InChI is InChI=1S/C24H35N7O/c1-16-12-21(18(13-25)22(26-3)27-16)30-11-4-20-19(14-30)17(2)28-31(20)15-23-5-8-24(29-32,9-6-23)10-7-23/h12-13,25,29,32H,4-11,14-15H2,1-3H3,(H,26,27). The van der Waals surface area contributed by atoms with Crippen LogP contribution in [0.2, 0.25) is 0 Å². The molecular weight excluding hydrogens is 402 g/mol. The number of anilines is 2. The molecule has 32 heavy (non-hydrogen) atoms. The number of pyridine rings is 1. The summed E-state index contributed by atoms with van der Waals surface area (Å²) in [6.07, 6.45) is 9.02. The zero-order valence-electron chi connectivity index (χ0n) is 19.5. The van der Waals surface area contributed by atoms with Gasteiger partial charge in [-0.3, -0.25) is 4.68 Å². The molecule has 0 amide bonds. The summed E-state index contributed by atoms with van der Waals surface area (Å²) in [5, 5.41) is 25.7. The molecule has 3 heterocycles. The van der Waals surface area contributed by atoms with Crippen LogP contribution < -0.4 is 15.7 Å². The highest BCUT2D eigenvalue weighted by atomic mass is 16.5. The summed E-state index contributed by atoms with van der Waals surface area (Å²) in [6.45, 7) is 6.86. The van der Waals surface area contributed by atoms with Gasteiger partial charge in [0.05, 0.1) is 16.9 Å². The second-order valence-electron chi connectivity index (χ2n) is 10.2. The van der Waals surface area contributed by atoms with Crippen LogP contribution >= 0.6 is 0 Å². The summed E-state index contributed by atoms with van der Waals surface area (Å²) in [7, 11) is 1.86. The van der Waals surface area contributed by atoms with Gasteiger partial charge in [0, 0.05) is 61.8 Å². The molecule has 3 fully saturated rings. The van der Waals surface area contributed by atoms with Crippen LogP contribution in [-0.4, -0.2) is 45.3 Å². The first-order valence-corrected chi connectivity index (χ1v) is 11.8. The van der Waals surface area contributed by atoms with Gasteiger partial charge in [0.2, 0.25) is 0 Å². The highest BCUT2D eigenvalue weighted by Crippen LogP contribution is 2.53. The molecule has 8 heteroatoms. The predicted molar refractivity (Wildman–Crippen MR) is 126 cm³/mol. The van der Waals surface area contributed by atoms with E-state index < -0.39 is 0 Å². The molecule has 0 aromatic carbocycles. The third-order valence-corrected chi connectivity index (χ3v) is 8.35. The maximum absolute atomic E-state index is 9.61. The SMILES string of the molecule is CNc1nc(C)cc(N2CCc3c(c(C)nn3CC34CCC(NO)(CC3)CC4)C2)c1C=N. The lowest BCUT2D eigenvalue weighted by atomic mass is 9.57. The highest BCUT2D eigenvalue weighted by Gasteiger charge is 2.49. The summed E-state index contributed by atoms with van der Waals surface area (Å²) in [6, 6.07) is 2.09. The van der Waals surface area contributed by atoms with Crippen molar-refractivity contribution in [3.8, 4) is 0 Å². The van der Waals surface area contributed by atoms with Gasteiger partial charge in [0.25, 0.3) is 0 Å². The van der Waals surface area contributed by atoms with Gasteiger partial charge < -0.3 is 20.8 Å². The fourth-order valence-electron chi connectivity index (χ4n) is 6.25. The third-order valence-electron chi connectivity index (χ3n) is 8.35. The Kier molecular flexibility index (Phi) is 5.25. The van der Waals surface area contributed by atoms with Gasteiger partial charge in [-0.05, 0) is 63.9 Å². The molecule has 2 aromatic rings. The topological polar surface area (TPSA) is 102 Å². The van der Waals surface area contributed by atoms with E-state index in [2.05, 4.69) is 38.4 Å². The van der Waals surface area contributed by atoms with Crippen molar-refractivity contribution in [1.29, 1.82) is 5.41 Å². The zero-order valence-corrected chi connectivity index (χ0v) is 19.5. The molecule has 0 unspecified atom stereocenters.